The molecule has 1 aliphatic heterocycles. The minimum atomic E-state index is -0.591. The van der Waals surface area contributed by atoms with Crippen LogP contribution in [0.2, 0.25) is 0 Å². The van der Waals surface area contributed by atoms with Crippen molar-refractivity contribution >= 4 is 17.6 Å². The number of carbonyl (C=O) groups excluding carboxylic acids is 2. The van der Waals surface area contributed by atoms with Gasteiger partial charge in [-0.2, -0.15) is 5.10 Å². The maximum absolute atomic E-state index is 13.1. The van der Waals surface area contributed by atoms with E-state index in [1.54, 1.807) is 17.8 Å². The quantitative estimate of drug-likeness (QED) is 0.359. The molecule has 9 nitrogen and oxygen atoms in total. The van der Waals surface area contributed by atoms with Crippen LogP contribution in [0.5, 0.6) is 0 Å². The molecule has 1 unspecified atom stereocenters. The van der Waals surface area contributed by atoms with Crippen LogP contribution in [0.15, 0.2) is 65.7 Å². The molecular formula is C31H41N5O4. The molecule has 2 heterocycles. The second-order valence-corrected chi connectivity index (χ2v) is 11.0. The smallest absolute Gasteiger partial charge is 0.350 e. The van der Waals surface area contributed by atoms with E-state index in [0.29, 0.717) is 19.4 Å². The third kappa shape index (κ3) is 7.20. The largest absolute Gasteiger partial charge is 0.464 e. The molecule has 9 heteroatoms. The Morgan fingerprint density at radius 3 is 2.27 bits per heavy atom. The summed E-state index contributed by atoms with van der Waals surface area (Å²) in [6, 6.07) is 17.1. The molecule has 0 spiro atoms. The standard InChI is InChI=1S/C31H41N5O4/c1-5-40-30(38)28(19-22(2)3)33-29(37)20-24-15-17-34(18-16-24)26-11-13-27(14-12-26)35-21-32-36(31(35)39)23(4)25-9-7-6-8-10-25/h6-14,21-24,28H,5,15-20H2,1-4H3,(H,33,37)/t23?,28-/m0/s1. The summed E-state index contributed by atoms with van der Waals surface area (Å²) in [5.74, 6) is 0.0997. The molecule has 1 saturated heterocycles. The predicted octanol–water partition coefficient (Wildman–Crippen LogP) is 4.34. The normalized spacial score (nSPS) is 15.6. The van der Waals surface area contributed by atoms with Crippen LogP contribution in [-0.4, -0.2) is 52.0 Å². The van der Waals surface area contributed by atoms with Crippen molar-refractivity contribution in [2.75, 3.05) is 24.6 Å². The lowest BCUT2D eigenvalue weighted by molar-refractivity contribution is -0.148. The van der Waals surface area contributed by atoms with Gasteiger partial charge in [0.15, 0.2) is 0 Å². The molecule has 0 saturated carbocycles. The summed E-state index contributed by atoms with van der Waals surface area (Å²) in [5, 5.41) is 7.27. The molecular weight excluding hydrogens is 506 g/mol. The first-order valence-corrected chi connectivity index (χ1v) is 14.3. The highest BCUT2D eigenvalue weighted by atomic mass is 16.5. The Morgan fingerprint density at radius 1 is 1.00 bits per heavy atom. The fraction of sp³-hybridized carbons (Fsp3) is 0.484. The molecule has 1 fully saturated rings. The Morgan fingerprint density at radius 2 is 1.65 bits per heavy atom. The maximum Gasteiger partial charge on any atom is 0.350 e. The second kappa shape index (κ2) is 13.5. The van der Waals surface area contributed by atoms with E-state index in [1.807, 2.05) is 75.4 Å². The zero-order valence-corrected chi connectivity index (χ0v) is 24.0. The molecule has 0 bridgehead atoms. The molecule has 40 heavy (non-hydrogen) atoms. The van der Waals surface area contributed by atoms with Crippen LogP contribution in [0.4, 0.5) is 5.69 Å². The van der Waals surface area contributed by atoms with E-state index in [9.17, 15) is 14.4 Å². The highest BCUT2D eigenvalue weighted by Gasteiger charge is 2.26. The Balaban J connectivity index is 1.31. The average Bonchev–Trinajstić information content (AvgIpc) is 3.34. The Labute approximate surface area is 236 Å². The first-order chi connectivity index (χ1) is 19.3. The molecule has 0 aliphatic carbocycles. The van der Waals surface area contributed by atoms with Crippen LogP contribution in [0.3, 0.4) is 0 Å². The average molecular weight is 548 g/mol. The SMILES string of the molecule is CCOC(=O)[C@H](CC(C)C)NC(=O)CC1CCN(c2ccc(-n3cnn(C(C)c4ccccc4)c3=O)cc2)CC1. The van der Waals surface area contributed by atoms with Gasteiger partial charge in [0.05, 0.1) is 18.3 Å². The van der Waals surface area contributed by atoms with E-state index in [4.69, 9.17) is 4.74 Å². The third-order valence-electron chi connectivity index (χ3n) is 7.54. The van der Waals surface area contributed by atoms with E-state index in [1.165, 1.54) is 4.68 Å². The van der Waals surface area contributed by atoms with Crippen molar-refractivity contribution in [2.45, 2.75) is 65.5 Å². The van der Waals surface area contributed by atoms with Gasteiger partial charge in [-0.25, -0.2) is 18.8 Å². The van der Waals surface area contributed by atoms with Crippen LogP contribution in [0.25, 0.3) is 5.69 Å². The number of ether oxygens (including phenoxy) is 1. The van der Waals surface area contributed by atoms with Gasteiger partial charge in [-0.15, -0.1) is 0 Å². The van der Waals surface area contributed by atoms with Gasteiger partial charge in [-0.3, -0.25) is 4.79 Å². The Bertz CT molecular complexity index is 1310. The van der Waals surface area contributed by atoms with Gasteiger partial charge in [0.2, 0.25) is 5.91 Å². The molecule has 0 radical (unpaired) electrons. The number of carbonyl (C=O) groups is 2. The van der Waals surface area contributed by atoms with Crippen LogP contribution >= 0.6 is 0 Å². The van der Waals surface area contributed by atoms with Gasteiger partial charge in [-0.05, 0) is 74.8 Å². The number of hydrogen-bond acceptors (Lipinski definition) is 6. The monoisotopic (exact) mass is 547 g/mol. The van der Waals surface area contributed by atoms with Crippen molar-refractivity contribution < 1.29 is 14.3 Å². The van der Waals surface area contributed by atoms with Crippen LogP contribution in [0, 0.1) is 11.8 Å². The van der Waals surface area contributed by atoms with Gasteiger partial charge in [0, 0.05) is 25.2 Å². The molecule has 4 rings (SSSR count). The lowest BCUT2D eigenvalue weighted by Crippen LogP contribution is -2.44. The minimum Gasteiger partial charge on any atom is -0.464 e. The highest BCUT2D eigenvalue weighted by Crippen LogP contribution is 2.26. The van der Waals surface area contributed by atoms with Crippen LogP contribution in [0.1, 0.15) is 65.0 Å². The second-order valence-electron chi connectivity index (χ2n) is 11.0. The van der Waals surface area contributed by atoms with Gasteiger partial charge in [0.25, 0.3) is 0 Å². The van der Waals surface area contributed by atoms with E-state index < -0.39 is 6.04 Å². The summed E-state index contributed by atoms with van der Waals surface area (Å²) in [5.41, 5.74) is 2.70. The van der Waals surface area contributed by atoms with Crippen molar-refractivity contribution in [3.63, 3.8) is 0 Å². The van der Waals surface area contributed by atoms with E-state index in [-0.39, 0.29) is 35.4 Å². The minimum absolute atomic E-state index is 0.0888. The van der Waals surface area contributed by atoms with Crippen LogP contribution < -0.4 is 15.9 Å². The first-order valence-electron chi connectivity index (χ1n) is 14.3. The summed E-state index contributed by atoms with van der Waals surface area (Å²) in [6.45, 7) is 9.78. The number of amides is 1. The number of hydrogen-bond donors (Lipinski definition) is 1. The molecule has 1 aliphatic rings. The highest BCUT2D eigenvalue weighted by molar-refractivity contribution is 5.84. The van der Waals surface area contributed by atoms with Gasteiger partial charge in [-0.1, -0.05) is 44.2 Å². The molecule has 1 N–H and O–H groups in total. The number of piperidine rings is 1. The molecule has 1 aromatic heterocycles. The Hall–Kier alpha value is -3.88. The van der Waals surface area contributed by atoms with Gasteiger partial charge in [0.1, 0.15) is 12.4 Å². The van der Waals surface area contributed by atoms with Crippen molar-refractivity contribution in [1.29, 1.82) is 0 Å². The fourth-order valence-corrected chi connectivity index (χ4v) is 5.30. The number of esters is 1. The lowest BCUT2D eigenvalue weighted by atomic mass is 9.92. The predicted molar refractivity (Wildman–Crippen MR) is 156 cm³/mol. The van der Waals surface area contributed by atoms with Crippen LogP contribution in [-0.2, 0) is 14.3 Å². The van der Waals surface area contributed by atoms with Crippen molar-refractivity contribution in [3.8, 4) is 5.69 Å². The maximum atomic E-state index is 13.1. The van der Waals surface area contributed by atoms with Gasteiger partial charge >= 0.3 is 11.7 Å². The summed E-state index contributed by atoms with van der Waals surface area (Å²) in [6.07, 6.45) is 4.34. The molecule has 3 aromatic rings. The summed E-state index contributed by atoms with van der Waals surface area (Å²) in [4.78, 5) is 40.4. The number of benzene rings is 2. The zero-order chi connectivity index (χ0) is 28.6. The fourth-order valence-electron chi connectivity index (χ4n) is 5.30. The molecule has 2 aromatic carbocycles. The number of rotatable bonds is 11. The number of aromatic nitrogens is 3. The molecule has 1 amide bonds. The van der Waals surface area contributed by atoms with Crippen molar-refractivity contribution in [1.82, 2.24) is 19.7 Å². The zero-order valence-electron chi connectivity index (χ0n) is 24.0. The summed E-state index contributed by atoms with van der Waals surface area (Å²) < 4.78 is 8.22. The van der Waals surface area contributed by atoms with Crippen molar-refractivity contribution in [2.24, 2.45) is 11.8 Å². The number of nitrogens with one attached hydrogen (secondary N) is 1. The van der Waals surface area contributed by atoms with E-state index >= 15 is 0 Å². The number of nitrogens with zero attached hydrogens (tertiary/aromatic N) is 4. The van der Waals surface area contributed by atoms with E-state index in [0.717, 1.165) is 42.9 Å². The summed E-state index contributed by atoms with van der Waals surface area (Å²) >= 11 is 0. The van der Waals surface area contributed by atoms with Gasteiger partial charge < -0.3 is 15.0 Å². The number of anilines is 1. The Kier molecular flexibility index (Phi) is 9.79. The topological polar surface area (TPSA) is 98.5 Å². The van der Waals surface area contributed by atoms with E-state index in [2.05, 4.69) is 15.3 Å². The summed E-state index contributed by atoms with van der Waals surface area (Å²) in [7, 11) is 0. The first kappa shape index (κ1) is 29.1. The third-order valence-corrected chi connectivity index (χ3v) is 7.54. The van der Waals surface area contributed by atoms with Crippen molar-refractivity contribution in [3.05, 3.63) is 77.0 Å². The molecule has 214 valence electrons. The lowest BCUT2D eigenvalue weighted by Gasteiger charge is -2.33. The molecule has 2 atom stereocenters.